The third kappa shape index (κ3) is 1.95. The Labute approximate surface area is 98.7 Å². The first-order valence-electron chi connectivity index (χ1n) is 6.41. The summed E-state index contributed by atoms with van der Waals surface area (Å²) >= 11 is 0. The molecule has 0 amide bonds. The molecule has 2 aliphatic rings. The average molecular weight is 221 g/mol. The van der Waals surface area contributed by atoms with Crippen molar-refractivity contribution in [3.63, 3.8) is 0 Å². The number of nitrogens with zero attached hydrogens (tertiary/aromatic N) is 1. The van der Waals surface area contributed by atoms with Gasteiger partial charge in [0.15, 0.2) is 5.78 Å². The molecule has 2 fully saturated rings. The van der Waals surface area contributed by atoms with E-state index in [1.165, 1.54) is 18.4 Å². The maximum Gasteiger partial charge on any atom is 0.161 e. The van der Waals surface area contributed by atoms with Gasteiger partial charge in [0, 0.05) is 18.0 Å². The highest BCUT2D eigenvalue weighted by Crippen LogP contribution is 2.38. The number of carbonyl (C=O) groups is 1. The van der Waals surface area contributed by atoms with Crippen LogP contribution in [0.25, 0.3) is 0 Å². The second-order valence-electron chi connectivity index (χ2n) is 5.71. The van der Waals surface area contributed by atoms with Gasteiger partial charge >= 0.3 is 0 Å². The Morgan fingerprint density at radius 3 is 2.00 bits per heavy atom. The van der Waals surface area contributed by atoms with Gasteiger partial charge in [-0.05, 0) is 59.1 Å². The average Bonchev–Trinajstić information content (AvgIpc) is 2.51. The molecule has 2 unspecified atom stereocenters. The van der Waals surface area contributed by atoms with Gasteiger partial charge in [0.05, 0.1) is 0 Å². The summed E-state index contributed by atoms with van der Waals surface area (Å²) in [6, 6.07) is 1.33. The van der Waals surface area contributed by atoms with Gasteiger partial charge in [0.25, 0.3) is 0 Å². The molecular formula is C14H23NO. The molecule has 0 saturated carbocycles. The van der Waals surface area contributed by atoms with Crippen LogP contribution in [0.1, 0.15) is 46.5 Å². The molecule has 2 nitrogen and oxygen atoms in total. The largest absolute Gasteiger partial charge is 0.300 e. The van der Waals surface area contributed by atoms with Gasteiger partial charge in [-0.15, -0.1) is 0 Å². The van der Waals surface area contributed by atoms with E-state index in [9.17, 15) is 4.79 Å². The Kier molecular flexibility index (Phi) is 3.20. The lowest BCUT2D eigenvalue weighted by Crippen LogP contribution is -2.42. The molecule has 90 valence electrons. The zero-order valence-electron chi connectivity index (χ0n) is 10.9. The van der Waals surface area contributed by atoms with E-state index in [1.54, 1.807) is 0 Å². The van der Waals surface area contributed by atoms with Crippen molar-refractivity contribution < 1.29 is 4.79 Å². The summed E-state index contributed by atoms with van der Waals surface area (Å²) in [5.74, 6) is 0.702. The van der Waals surface area contributed by atoms with Crippen LogP contribution >= 0.6 is 0 Å². The molecule has 2 aliphatic heterocycles. The smallest absolute Gasteiger partial charge is 0.161 e. The topological polar surface area (TPSA) is 20.3 Å². The highest BCUT2D eigenvalue weighted by Gasteiger charge is 2.40. The minimum Gasteiger partial charge on any atom is -0.300 e. The molecule has 2 heteroatoms. The highest BCUT2D eigenvalue weighted by atomic mass is 16.1. The quantitative estimate of drug-likeness (QED) is 0.668. The Bertz CT molecular complexity index is 314. The first kappa shape index (κ1) is 11.8. The highest BCUT2D eigenvalue weighted by molar-refractivity contribution is 5.97. The maximum absolute atomic E-state index is 12.3. The predicted molar refractivity (Wildman–Crippen MR) is 66.4 cm³/mol. The number of hydrogen-bond donors (Lipinski definition) is 0. The van der Waals surface area contributed by atoms with E-state index in [-0.39, 0.29) is 0 Å². The fourth-order valence-corrected chi connectivity index (χ4v) is 3.18. The molecular weight excluding hydrogens is 198 g/mol. The van der Waals surface area contributed by atoms with E-state index in [0.29, 0.717) is 23.8 Å². The zero-order chi connectivity index (χ0) is 11.9. The molecule has 0 spiro atoms. The van der Waals surface area contributed by atoms with Crippen molar-refractivity contribution in [1.82, 2.24) is 4.90 Å². The molecule has 2 heterocycles. The van der Waals surface area contributed by atoms with Crippen LogP contribution in [0.2, 0.25) is 0 Å². The van der Waals surface area contributed by atoms with Crippen LogP contribution in [-0.4, -0.2) is 29.8 Å². The van der Waals surface area contributed by atoms with E-state index >= 15 is 0 Å². The lowest BCUT2D eigenvalue weighted by atomic mass is 9.84. The molecule has 0 aromatic carbocycles. The number of carbonyl (C=O) groups excluding carboxylic acids is 1. The standard InChI is InChI=1S/C14H23NO/c1-9(2)10(3)14(16)11-7-12-5-6-13(8-11)15(12)4/h11-13H,5-8H2,1-4H3. The predicted octanol–water partition coefficient (Wildman–Crippen LogP) is 2.78. The lowest BCUT2D eigenvalue weighted by Gasteiger charge is -2.35. The molecule has 0 aliphatic carbocycles. The van der Waals surface area contributed by atoms with Gasteiger partial charge < -0.3 is 4.90 Å². The van der Waals surface area contributed by atoms with Crippen molar-refractivity contribution in [1.29, 1.82) is 0 Å². The van der Waals surface area contributed by atoms with Crippen molar-refractivity contribution in [2.75, 3.05) is 7.05 Å². The molecule has 0 radical (unpaired) electrons. The molecule has 2 rings (SSSR count). The number of fused-ring (bicyclic) bond motifs is 2. The fraction of sp³-hybridized carbons (Fsp3) is 0.786. The van der Waals surface area contributed by atoms with Crippen LogP contribution in [0.15, 0.2) is 11.1 Å². The Morgan fingerprint density at radius 2 is 1.56 bits per heavy atom. The first-order valence-corrected chi connectivity index (χ1v) is 6.41. The Balaban J connectivity index is 2.09. The molecule has 2 bridgehead atoms. The summed E-state index contributed by atoms with van der Waals surface area (Å²) in [4.78, 5) is 14.8. The molecule has 0 N–H and O–H groups in total. The van der Waals surface area contributed by atoms with E-state index in [4.69, 9.17) is 0 Å². The van der Waals surface area contributed by atoms with E-state index in [1.807, 2.05) is 20.8 Å². The van der Waals surface area contributed by atoms with Crippen LogP contribution in [0, 0.1) is 5.92 Å². The third-order valence-electron chi connectivity index (χ3n) is 4.59. The van der Waals surface area contributed by atoms with Crippen LogP contribution in [-0.2, 0) is 4.79 Å². The monoisotopic (exact) mass is 221 g/mol. The van der Waals surface area contributed by atoms with E-state index in [0.717, 1.165) is 18.4 Å². The minimum absolute atomic E-state index is 0.295. The molecule has 0 aromatic heterocycles. The third-order valence-corrected chi connectivity index (χ3v) is 4.59. The first-order chi connectivity index (χ1) is 7.50. The lowest BCUT2D eigenvalue weighted by molar-refractivity contribution is -0.121. The number of allylic oxidation sites excluding steroid dienone is 2. The second kappa shape index (κ2) is 4.33. The summed E-state index contributed by atoms with van der Waals surface area (Å²) < 4.78 is 0. The number of rotatable bonds is 2. The van der Waals surface area contributed by atoms with Gasteiger partial charge in [0.2, 0.25) is 0 Å². The minimum atomic E-state index is 0.295. The van der Waals surface area contributed by atoms with Crippen LogP contribution < -0.4 is 0 Å². The van der Waals surface area contributed by atoms with Gasteiger partial charge in [-0.3, -0.25) is 4.79 Å². The number of piperidine rings is 1. The van der Waals surface area contributed by atoms with Gasteiger partial charge in [-0.1, -0.05) is 5.57 Å². The van der Waals surface area contributed by atoms with Gasteiger partial charge in [-0.25, -0.2) is 0 Å². The van der Waals surface area contributed by atoms with Crippen molar-refractivity contribution in [3.8, 4) is 0 Å². The molecule has 16 heavy (non-hydrogen) atoms. The summed E-state index contributed by atoms with van der Waals surface area (Å²) in [6.45, 7) is 6.06. The summed E-state index contributed by atoms with van der Waals surface area (Å²) in [5.41, 5.74) is 2.17. The Hall–Kier alpha value is -0.630. The van der Waals surface area contributed by atoms with E-state index < -0.39 is 0 Å². The number of hydrogen-bond acceptors (Lipinski definition) is 2. The zero-order valence-corrected chi connectivity index (χ0v) is 10.9. The van der Waals surface area contributed by atoms with E-state index in [2.05, 4.69) is 11.9 Å². The van der Waals surface area contributed by atoms with Crippen molar-refractivity contribution in [2.24, 2.45) is 5.92 Å². The van der Waals surface area contributed by atoms with Gasteiger partial charge in [0.1, 0.15) is 0 Å². The van der Waals surface area contributed by atoms with Crippen LogP contribution in [0.4, 0.5) is 0 Å². The molecule has 0 aromatic rings. The summed E-state index contributed by atoms with van der Waals surface area (Å²) in [6.07, 6.45) is 4.74. The normalized spacial score (nSPS) is 33.9. The number of ketones is 1. The van der Waals surface area contributed by atoms with Gasteiger partial charge in [-0.2, -0.15) is 0 Å². The SMILES string of the molecule is CC(C)=C(C)C(=O)C1CC2CCC(C1)N2C. The van der Waals surface area contributed by atoms with Crippen molar-refractivity contribution >= 4 is 5.78 Å². The van der Waals surface area contributed by atoms with Crippen LogP contribution in [0.3, 0.4) is 0 Å². The summed E-state index contributed by atoms with van der Waals surface area (Å²) in [5, 5.41) is 0. The number of Topliss-reactive ketones (excluding diaryl/α,β-unsaturated/α-hetero) is 1. The summed E-state index contributed by atoms with van der Waals surface area (Å²) in [7, 11) is 2.22. The second-order valence-corrected chi connectivity index (χ2v) is 5.71. The fourth-order valence-electron chi connectivity index (χ4n) is 3.18. The van der Waals surface area contributed by atoms with Crippen LogP contribution in [0.5, 0.6) is 0 Å². The van der Waals surface area contributed by atoms with Crippen molar-refractivity contribution in [2.45, 2.75) is 58.5 Å². The molecule has 2 atom stereocenters. The Morgan fingerprint density at radius 1 is 1.06 bits per heavy atom. The molecule has 2 saturated heterocycles. The van der Waals surface area contributed by atoms with Crippen molar-refractivity contribution in [3.05, 3.63) is 11.1 Å². The maximum atomic E-state index is 12.3.